The number of amides is 3. The number of primary amides is 1. The first kappa shape index (κ1) is 37.5. The normalized spacial score (nSPS) is 18.3. The Labute approximate surface area is 313 Å². The highest BCUT2D eigenvalue weighted by molar-refractivity contribution is 9.10. The summed E-state index contributed by atoms with van der Waals surface area (Å²) >= 11 is 3.41. The number of hydrogen-bond donors (Lipinski definition) is 2. The van der Waals surface area contributed by atoms with Crippen molar-refractivity contribution >= 4 is 39.2 Å². The lowest BCUT2D eigenvalue weighted by Crippen LogP contribution is -2.62. The summed E-state index contributed by atoms with van der Waals surface area (Å²) in [5, 5.41) is 3.67. The van der Waals surface area contributed by atoms with Crippen molar-refractivity contribution in [2.75, 3.05) is 32.8 Å². The first-order valence-electron chi connectivity index (χ1n) is 18.3. The van der Waals surface area contributed by atoms with Crippen molar-refractivity contribution in [3.05, 3.63) is 98.8 Å². The largest absolute Gasteiger partial charge is 0.492 e. The minimum absolute atomic E-state index is 0.00755. The van der Waals surface area contributed by atoms with E-state index in [1.165, 1.54) is 17.7 Å². The fourth-order valence-electron chi connectivity index (χ4n) is 7.12. The number of carbonyl (C=O) groups is 3. The van der Waals surface area contributed by atoms with Crippen molar-refractivity contribution in [1.29, 1.82) is 0 Å². The molecule has 1 unspecified atom stereocenters. The van der Waals surface area contributed by atoms with Gasteiger partial charge in [0.1, 0.15) is 23.9 Å². The van der Waals surface area contributed by atoms with E-state index in [-0.39, 0.29) is 48.6 Å². The van der Waals surface area contributed by atoms with Crippen molar-refractivity contribution in [2.45, 2.75) is 83.3 Å². The van der Waals surface area contributed by atoms with Crippen molar-refractivity contribution in [2.24, 2.45) is 5.73 Å². The third-order valence-electron chi connectivity index (χ3n) is 10.2. The van der Waals surface area contributed by atoms with Crippen LogP contribution in [0.1, 0.15) is 67.2 Å². The van der Waals surface area contributed by atoms with Gasteiger partial charge >= 0.3 is 0 Å². The fraction of sp³-hybridized carbons (Fsp3) is 0.439. The zero-order chi connectivity index (χ0) is 36.8. The second-order valence-electron chi connectivity index (χ2n) is 14.2. The molecule has 2 bridgehead atoms. The smallest absolute Gasteiger partial charge is 0.252 e. The van der Waals surface area contributed by atoms with Crippen LogP contribution in [-0.2, 0) is 20.8 Å². The standard InChI is InChI=1S/C41H48BrFN4O5/c1-26-8-16-33(21-27(26)2)51-20-18-47(32-14-15-32)41(50)40-34(23-31-24-46(25-36(40)45-31)39(49)7-3-6-38(44)48)29-11-9-28(10-12-29)5-4-19-52-37-22-30(43)13-17-35(37)42/h8-13,16-17,21-22,31-32,36,45H,3-7,14-15,18-20,23-25H2,1-2H3,(H2,44,48)/t31?,36-/m1/s1. The molecular weight excluding hydrogens is 727 g/mol. The van der Waals surface area contributed by atoms with Gasteiger partial charge in [-0.1, -0.05) is 30.3 Å². The second kappa shape index (κ2) is 17.1. The van der Waals surface area contributed by atoms with Crippen LogP contribution in [0.25, 0.3) is 5.57 Å². The first-order chi connectivity index (χ1) is 25.0. The number of piperazine rings is 1. The molecule has 3 aromatic carbocycles. The Morgan fingerprint density at radius 1 is 0.942 bits per heavy atom. The Kier molecular flexibility index (Phi) is 12.3. The summed E-state index contributed by atoms with van der Waals surface area (Å²) < 4.78 is 26.3. The molecule has 1 aliphatic carbocycles. The van der Waals surface area contributed by atoms with Crippen LogP contribution in [0.4, 0.5) is 4.39 Å². The Bertz CT molecular complexity index is 1810. The first-order valence-corrected chi connectivity index (χ1v) is 19.1. The van der Waals surface area contributed by atoms with Gasteiger partial charge in [0.2, 0.25) is 11.8 Å². The van der Waals surface area contributed by atoms with E-state index in [2.05, 4.69) is 59.4 Å². The number of aryl methyl sites for hydroxylation is 3. The topological polar surface area (TPSA) is 114 Å². The average molecular weight is 776 g/mol. The number of nitrogens with one attached hydrogen (secondary N) is 1. The van der Waals surface area contributed by atoms with Gasteiger partial charge < -0.3 is 30.3 Å². The maximum Gasteiger partial charge on any atom is 0.252 e. The van der Waals surface area contributed by atoms with E-state index in [0.29, 0.717) is 61.5 Å². The molecule has 1 saturated carbocycles. The minimum Gasteiger partial charge on any atom is -0.492 e. The van der Waals surface area contributed by atoms with Gasteiger partial charge in [-0.05, 0) is 120 Å². The number of benzene rings is 3. The highest BCUT2D eigenvalue weighted by Gasteiger charge is 2.43. The van der Waals surface area contributed by atoms with E-state index >= 15 is 0 Å². The molecule has 11 heteroatoms. The number of hydrogen-bond acceptors (Lipinski definition) is 6. The molecule has 9 nitrogen and oxygen atoms in total. The molecule has 2 aliphatic heterocycles. The molecular formula is C41H48BrFN4O5. The van der Waals surface area contributed by atoms with Gasteiger partial charge in [-0.25, -0.2) is 4.39 Å². The van der Waals surface area contributed by atoms with Crippen molar-refractivity contribution in [3.63, 3.8) is 0 Å². The molecule has 2 atom stereocenters. The average Bonchev–Trinajstić information content (AvgIpc) is 3.96. The molecule has 3 aromatic rings. The maximum absolute atomic E-state index is 14.7. The second-order valence-corrected chi connectivity index (χ2v) is 15.0. The van der Waals surface area contributed by atoms with E-state index in [1.54, 1.807) is 6.07 Å². The quantitative estimate of drug-likeness (QED) is 0.166. The predicted octanol–water partition coefficient (Wildman–Crippen LogP) is 6.27. The van der Waals surface area contributed by atoms with E-state index in [0.717, 1.165) is 53.7 Å². The summed E-state index contributed by atoms with van der Waals surface area (Å²) in [6.07, 6.45) is 4.90. The zero-order valence-corrected chi connectivity index (χ0v) is 31.6. The molecule has 2 fully saturated rings. The molecule has 1 saturated heterocycles. The van der Waals surface area contributed by atoms with Crippen molar-refractivity contribution < 1.29 is 28.2 Å². The van der Waals surface area contributed by atoms with Crippen molar-refractivity contribution in [1.82, 2.24) is 15.1 Å². The number of ether oxygens (including phenoxy) is 2. The van der Waals surface area contributed by atoms with Gasteiger partial charge in [0, 0.05) is 49.7 Å². The summed E-state index contributed by atoms with van der Waals surface area (Å²) in [7, 11) is 0. The summed E-state index contributed by atoms with van der Waals surface area (Å²) in [4.78, 5) is 43.1. The number of nitrogens with two attached hydrogens (primary N) is 1. The highest BCUT2D eigenvalue weighted by atomic mass is 79.9. The zero-order valence-electron chi connectivity index (χ0n) is 30.0. The number of fused-ring (bicyclic) bond motifs is 2. The van der Waals surface area contributed by atoms with Crippen LogP contribution in [0.5, 0.6) is 11.5 Å². The van der Waals surface area contributed by atoms with Gasteiger partial charge in [0.05, 0.1) is 23.7 Å². The molecule has 52 heavy (non-hydrogen) atoms. The molecule has 2 heterocycles. The van der Waals surface area contributed by atoms with Gasteiger partial charge in [0.25, 0.3) is 5.91 Å². The van der Waals surface area contributed by atoms with Crippen molar-refractivity contribution in [3.8, 4) is 11.5 Å². The van der Waals surface area contributed by atoms with Gasteiger partial charge in [-0.15, -0.1) is 0 Å². The van der Waals surface area contributed by atoms with Crippen LogP contribution in [-0.4, -0.2) is 78.5 Å². The monoisotopic (exact) mass is 774 g/mol. The Balaban J connectivity index is 1.19. The predicted molar refractivity (Wildman–Crippen MR) is 202 cm³/mol. The van der Waals surface area contributed by atoms with E-state index in [4.69, 9.17) is 15.2 Å². The van der Waals surface area contributed by atoms with E-state index in [9.17, 15) is 18.8 Å². The van der Waals surface area contributed by atoms with Gasteiger partial charge in [-0.2, -0.15) is 0 Å². The van der Waals surface area contributed by atoms with Crippen LogP contribution in [0, 0.1) is 19.7 Å². The molecule has 3 N–H and O–H groups in total. The third-order valence-corrected chi connectivity index (χ3v) is 10.8. The third kappa shape index (κ3) is 9.60. The SMILES string of the molecule is Cc1ccc(OCCN(C(=O)C2=C(c3ccc(CCCOc4cc(F)ccc4Br)cc3)CC3CN(C(=O)CCCC(N)=O)C[C@H]2N3)C2CC2)cc1C. The Morgan fingerprint density at radius 3 is 2.46 bits per heavy atom. The lowest BCUT2D eigenvalue weighted by molar-refractivity contribution is -0.134. The Hall–Kier alpha value is -4.22. The number of carbonyl (C=O) groups excluding carboxylic acids is 3. The maximum atomic E-state index is 14.7. The van der Waals surface area contributed by atoms with Crippen LogP contribution in [0.3, 0.4) is 0 Å². The minimum atomic E-state index is -0.413. The van der Waals surface area contributed by atoms with Gasteiger partial charge in [0.15, 0.2) is 0 Å². The summed E-state index contributed by atoms with van der Waals surface area (Å²) in [6, 6.07) is 18.7. The van der Waals surface area contributed by atoms with E-state index in [1.807, 2.05) is 28.0 Å². The van der Waals surface area contributed by atoms with E-state index < -0.39 is 5.91 Å². The van der Waals surface area contributed by atoms with Crippen LogP contribution in [0.15, 0.2) is 70.7 Å². The number of nitrogens with zero attached hydrogens (tertiary/aromatic N) is 2. The number of halogens is 2. The lowest BCUT2D eigenvalue weighted by atomic mass is 9.82. The van der Waals surface area contributed by atoms with Crippen LogP contribution >= 0.6 is 15.9 Å². The molecule has 0 spiro atoms. The van der Waals surface area contributed by atoms with Crippen LogP contribution < -0.4 is 20.5 Å². The number of rotatable bonds is 16. The molecule has 0 aromatic heterocycles. The lowest BCUT2D eigenvalue weighted by Gasteiger charge is -2.45. The molecule has 3 aliphatic rings. The molecule has 0 radical (unpaired) electrons. The molecule has 276 valence electrons. The Morgan fingerprint density at radius 2 is 1.73 bits per heavy atom. The van der Waals surface area contributed by atoms with Gasteiger partial charge in [-0.3, -0.25) is 14.4 Å². The summed E-state index contributed by atoms with van der Waals surface area (Å²) in [5.41, 5.74) is 11.6. The molecule has 3 amide bonds. The highest BCUT2D eigenvalue weighted by Crippen LogP contribution is 2.37. The fourth-order valence-corrected chi connectivity index (χ4v) is 7.48. The van der Waals surface area contributed by atoms with Crippen LogP contribution in [0.2, 0.25) is 0 Å². The summed E-state index contributed by atoms with van der Waals surface area (Å²) in [5.74, 6) is 0.493. The molecule has 6 rings (SSSR count). The summed E-state index contributed by atoms with van der Waals surface area (Å²) in [6.45, 7) is 6.34.